The zero-order chi connectivity index (χ0) is 15.3. The highest BCUT2D eigenvalue weighted by Crippen LogP contribution is 2.11. The second kappa shape index (κ2) is 6.80. The minimum Gasteiger partial charge on any atom is -0.425 e. The third-order valence-corrected chi connectivity index (χ3v) is 2.98. The summed E-state index contributed by atoms with van der Waals surface area (Å²) < 4.78 is 18.7. The fourth-order valence-corrected chi connectivity index (χ4v) is 1.99. The SMILES string of the molecule is CC(C)(C)NCCCc1nnc(Cc2cccc(F)c2)o1. The highest BCUT2D eigenvalue weighted by molar-refractivity contribution is 5.19. The molecular formula is C16H22FN3O. The van der Waals surface area contributed by atoms with Gasteiger partial charge in [0.25, 0.3) is 0 Å². The Morgan fingerprint density at radius 2 is 1.95 bits per heavy atom. The van der Waals surface area contributed by atoms with Gasteiger partial charge >= 0.3 is 0 Å². The minimum atomic E-state index is -0.250. The Kier molecular flexibility index (Phi) is 5.07. The van der Waals surface area contributed by atoms with Crippen LogP contribution >= 0.6 is 0 Å². The Bertz CT molecular complexity index is 575. The number of aromatic nitrogens is 2. The molecule has 21 heavy (non-hydrogen) atoms. The van der Waals surface area contributed by atoms with E-state index in [9.17, 15) is 4.39 Å². The first-order valence-corrected chi connectivity index (χ1v) is 7.23. The first-order valence-electron chi connectivity index (χ1n) is 7.23. The lowest BCUT2D eigenvalue weighted by Crippen LogP contribution is -2.36. The molecule has 0 saturated heterocycles. The van der Waals surface area contributed by atoms with Gasteiger partial charge in [-0.1, -0.05) is 12.1 Å². The number of halogens is 1. The normalized spacial score (nSPS) is 11.8. The van der Waals surface area contributed by atoms with Crippen LogP contribution in [0.3, 0.4) is 0 Å². The predicted molar refractivity (Wildman–Crippen MR) is 79.6 cm³/mol. The van der Waals surface area contributed by atoms with Crippen molar-refractivity contribution < 1.29 is 8.81 Å². The number of benzene rings is 1. The van der Waals surface area contributed by atoms with Crippen molar-refractivity contribution in [2.24, 2.45) is 0 Å². The van der Waals surface area contributed by atoms with Gasteiger partial charge in [-0.05, 0) is 51.4 Å². The smallest absolute Gasteiger partial charge is 0.220 e. The van der Waals surface area contributed by atoms with E-state index in [2.05, 4.69) is 36.3 Å². The molecular weight excluding hydrogens is 269 g/mol. The van der Waals surface area contributed by atoms with Crippen molar-refractivity contribution in [2.45, 2.75) is 45.6 Å². The summed E-state index contributed by atoms with van der Waals surface area (Å²) >= 11 is 0. The van der Waals surface area contributed by atoms with Gasteiger partial charge in [-0.15, -0.1) is 10.2 Å². The second-order valence-electron chi connectivity index (χ2n) is 6.18. The number of hydrogen-bond acceptors (Lipinski definition) is 4. The van der Waals surface area contributed by atoms with E-state index < -0.39 is 0 Å². The zero-order valence-corrected chi connectivity index (χ0v) is 12.8. The molecule has 0 aliphatic rings. The maximum Gasteiger partial charge on any atom is 0.220 e. The monoisotopic (exact) mass is 291 g/mol. The summed E-state index contributed by atoms with van der Waals surface area (Å²) in [4.78, 5) is 0. The zero-order valence-electron chi connectivity index (χ0n) is 12.8. The van der Waals surface area contributed by atoms with Crippen LogP contribution in [0.1, 0.15) is 44.5 Å². The van der Waals surface area contributed by atoms with E-state index >= 15 is 0 Å². The van der Waals surface area contributed by atoms with E-state index in [4.69, 9.17) is 4.42 Å². The molecule has 1 aromatic heterocycles. The molecule has 0 fully saturated rings. The van der Waals surface area contributed by atoms with Crippen LogP contribution in [0.25, 0.3) is 0 Å². The van der Waals surface area contributed by atoms with Crippen LogP contribution in [-0.4, -0.2) is 22.3 Å². The molecule has 5 heteroatoms. The maximum absolute atomic E-state index is 13.1. The number of nitrogens with zero attached hydrogens (tertiary/aromatic N) is 2. The number of hydrogen-bond donors (Lipinski definition) is 1. The molecule has 1 N–H and O–H groups in total. The third kappa shape index (κ3) is 5.63. The van der Waals surface area contributed by atoms with E-state index in [1.165, 1.54) is 12.1 Å². The van der Waals surface area contributed by atoms with Crippen molar-refractivity contribution in [3.05, 3.63) is 47.4 Å². The maximum atomic E-state index is 13.1. The van der Waals surface area contributed by atoms with Gasteiger partial charge in [-0.25, -0.2) is 4.39 Å². The molecule has 114 valence electrons. The fourth-order valence-electron chi connectivity index (χ4n) is 1.99. The summed E-state index contributed by atoms with van der Waals surface area (Å²) in [6, 6.07) is 6.43. The van der Waals surface area contributed by atoms with Gasteiger partial charge in [-0.2, -0.15) is 0 Å². The van der Waals surface area contributed by atoms with E-state index in [1.54, 1.807) is 6.07 Å². The summed E-state index contributed by atoms with van der Waals surface area (Å²) in [5.74, 6) is 0.914. The molecule has 2 rings (SSSR count). The van der Waals surface area contributed by atoms with Crippen molar-refractivity contribution in [1.29, 1.82) is 0 Å². The number of aryl methyl sites for hydroxylation is 1. The first kappa shape index (κ1) is 15.6. The molecule has 0 aliphatic heterocycles. The van der Waals surface area contributed by atoms with E-state index in [0.29, 0.717) is 18.2 Å². The summed E-state index contributed by atoms with van der Waals surface area (Å²) in [5.41, 5.74) is 0.955. The van der Waals surface area contributed by atoms with E-state index in [0.717, 1.165) is 24.9 Å². The average Bonchev–Trinajstić information content (AvgIpc) is 2.81. The Balaban J connectivity index is 1.81. The van der Waals surface area contributed by atoms with E-state index in [1.807, 2.05) is 6.07 Å². The quantitative estimate of drug-likeness (QED) is 0.831. The lowest BCUT2D eigenvalue weighted by atomic mass is 10.1. The summed E-state index contributed by atoms with van der Waals surface area (Å²) in [5, 5.41) is 11.5. The first-order chi connectivity index (χ1) is 9.92. The standard InChI is InChI=1S/C16H22FN3O/c1-16(2,3)18-9-5-8-14-19-20-15(21-14)11-12-6-4-7-13(17)10-12/h4,6-7,10,18H,5,8-9,11H2,1-3H3. The second-order valence-corrected chi connectivity index (χ2v) is 6.18. The summed E-state index contributed by atoms with van der Waals surface area (Å²) in [7, 11) is 0. The van der Waals surface area contributed by atoms with Crippen LogP contribution in [0.15, 0.2) is 28.7 Å². The summed E-state index contributed by atoms with van der Waals surface area (Å²) in [6.45, 7) is 7.31. The van der Waals surface area contributed by atoms with Crippen molar-refractivity contribution >= 4 is 0 Å². The summed E-state index contributed by atoms with van der Waals surface area (Å²) in [6.07, 6.45) is 2.16. The van der Waals surface area contributed by atoms with Crippen LogP contribution in [0.4, 0.5) is 4.39 Å². The van der Waals surface area contributed by atoms with Gasteiger partial charge in [0.15, 0.2) is 0 Å². The fraction of sp³-hybridized carbons (Fsp3) is 0.500. The van der Waals surface area contributed by atoms with E-state index in [-0.39, 0.29) is 11.4 Å². The van der Waals surface area contributed by atoms with Crippen molar-refractivity contribution in [1.82, 2.24) is 15.5 Å². The molecule has 1 heterocycles. The van der Waals surface area contributed by atoms with Crippen molar-refractivity contribution in [2.75, 3.05) is 6.54 Å². The minimum absolute atomic E-state index is 0.122. The molecule has 0 amide bonds. The number of rotatable bonds is 6. The third-order valence-electron chi connectivity index (χ3n) is 2.98. The Morgan fingerprint density at radius 3 is 2.67 bits per heavy atom. The molecule has 0 radical (unpaired) electrons. The van der Waals surface area contributed by atoms with Crippen LogP contribution in [0, 0.1) is 5.82 Å². The number of nitrogens with one attached hydrogen (secondary N) is 1. The van der Waals surface area contributed by atoms with Crippen LogP contribution in [0.2, 0.25) is 0 Å². The molecule has 0 unspecified atom stereocenters. The highest BCUT2D eigenvalue weighted by atomic mass is 19.1. The molecule has 0 spiro atoms. The predicted octanol–water partition coefficient (Wildman–Crippen LogP) is 3.12. The average molecular weight is 291 g/mol. The van der Waals surface area contributed by atoms with Crippen LogP contribution in [-0.2, 0) is 12.8 Å². The van der Waals surface area contributed by atoms with Crippen molar-refractivity contribution in [3.8, 4) is 0 Å². The lowest BCUT2D eigenvalue weighted by molar-refractivity contribution is 0.406. The van der Waals surface area contributed by atoms with Gasteiger partial charge in [0.05, 0.1) is 6.42 Å². The highest BCUT2D eigenvalue weighted by Gasteiger charge is 2.10. The van der Waals surface area contributed by atoms with Gasteiger partial charge in [-0.3, -0.25) is 0 Å². The largest absolute Gasteiger partial charge is 0.425 e. The molecule has 0 bridgehead atoms. The van der Waals surface area contributed by atoms with Crippen LogP contribution in [0.5, 0.6) is 0 Å². The van der Waals surface area contributed by atoms with Gasteiger partial charge in [0.1, 0.15) is 5.82 Å². The Labute approximate surface area is 124 Å². The molecule has 1 aromatic carbocycles. The van der Waals surface area contributed by atoms with Gasteiger partial charge < -0.3 is 9.73 Å². The Hall–Kier alpha value is -1.75. The molecule has 4 nitrogen and oxygen atoms in total. The lowest BCUT2D eigenvalue weighted by Gasteiger charge is -2.19. The van der Waals surface area contributed by atoms with Crippen LogP contribution < -0.4 is 5.32 Å². The van der Waals surface area contributed by atoms with Crippen molar-refractivity contribution in [3.63, 3.8) is 0 Å². The topological polar surface area (TPSA) is 51.0 Å². The molecule has 0 atom stereocenters. The Morgan fingerprint density at radius 1 is 1.19 bits per heavy atom. The molecule has 0 aliphatic carbocycles. The van der Waals surface area contributed by atoms with Gasteiger partial charge in [0, 0.05) is 12.0 Å². The molecule has 0 saturated carbocycles. The molecule has 2 aromatic rings. The van der Waals surface area contributed by atoms with Gasteiger partial charge in [0.2, 0.25) is 11.8 Å².